The molecule has 2 N–H and O–H groups in total. The lowest BCUT2D eigenvalue weighted by atomic mass is 9.55. The van der Waals surface area contributed by atoms with E-state index in [9.17, 15) is 15.0 Å². The average Bonchev–Trinajstić information content (AvgIpc) is 3.87. The number of allylic oxidation sites excluding steroid dienone is 1. The van der Waals surface area contributed by atoms with E-state index in [2.05, 4.69) is 43.0 Å². The summed E-state index contributed by atoms with van der Waals surface area (Å²) in [7, 11) is 3.10. The van der Waals surface area contributed by atoms with Gasteiger partial charge in [-0.15, -0.1) is 6.58 Å². The molecule has 0 aromatic heterocycles. The summed E-state index contributed by atoms with van der Waals surface area (Å²) in [5, 5.41) is 27.0. The van der Waals surface area contributed by atoms with Gasteiger partial charge in [0.05, 0.1) is 30.9 Å². The predicted molar refractivity (Wildman–Crippen MR) is 256 cm³/mol. The summed E-state index contributed by atoms with van der Waals surface area (Å²) in [6, 6.07) is 25.0. The molecule has 0 spiro atoms. The van der Waals surface area contributed by atoms with Gasteiger partial charge in [0.1, 0.15) is 36.1 Å². The molecule has 0 bridgehead atoms. The summed E-state index contributed by atoms with van der Waals surface area (Å²) < 4.78 is 26.7. The Labute approximate surface area is 389 Å². The topological polar surface area (TPSA) is 136 Å². The number of carbonyl (C=O) groups excluding carboxylic acids is 2. The Morgan fingerprint density at radius 1 is 0.924 bits per heavy atom. The van der Waals surface area contributed by atoms with E-state index in [-0.39, 0.29) is 43.5 Å². The van der Waals surface area contributed by atoms with Crippen LogP contribution >= 0.6 is 0 Å². The number of amides is 1. The third-order valence-corrected chi connectivity index (χ3v) is 14.6. The number of carbonyl (C=O) groups is 2. The Balaban J connectivity index is 1.32. The van der Waals surface area contributed by atoms with Crippen LogP contribution in [0.25, 0.3) is 10.8 Å². The number of rotatable bonds is 22. The molecule has 4 aromatic carbocycles. The lowest BCUT2D eigenvalue weighted by Crippen LogP contribution is -2.70. The second kappa shape index (κ2) is 21.9. The number of aliphatic hydroxyl groups is 2. The minimum atomic E-state index is -1.39. The molecule has 350 valence electrons. The number of hydrogen-bond acceptors (Lipinski definition) is 10. The minimum Gasteiger partial charge on any atom is -0.496 e. The van der Waals surface area contributed by atoms with Crippen LogP contribution in [0.2, 0.25) is 0 Å². The van der Waals surface area contributed by atoms with Crippen LogP contribution in [-0.4, -0.2) is 78.9 Å². The molecule has 6 atom stereocenters. The number of methoxy groups -OCH3 is 1. The maximum absolute atomic E-state index is 15.3. The molecule has 1 aliphatic heterocycles. The Bertz CT molecular complexity index is 2380. The van der Waals surface area contributed by atoms with Crippen LogP contribution < -0.4 is 14.2 Å². The van der Waals surface area contributed by atoms with Gasteiger partial charge in [-0.05, 0) is 108 Å². The van der Waals surface area contributed by atoms with E-state index in [4.69, 9.17) is 28.9 Å². The van der Waals surface area contributed by atoms with Gasteiger partial charge < -0.3 is 38.9 Å². The first-order valence-corrected chi connectivity index (χ1v) is 24.0. The van der Waals surface area contributed by atoms with Crippen LogP contribution in [0.15, 0.2) is 108 Å². The largest absolute Gasteiger partial charge is 0.496 e. The van der Waals surface area contributed by atoms with Crippen LogP contribution in [0, 0.1) is 23.7 Å². The number of unbranched alkanes of at least 4 members (excludes halogenated alkanes) is 2. The first-order chi connectivity index (χ1) is 32.4. The molecular weight excluding hydrogens is 833 g/mol. The quantitative estimate of drug-likeness (QED) is 0.0342. The third kappa shape index (κ3) is 9.80. The van der Waals surface area contributed by atoms with Gasteiger partial charge in [-0.1, -0.05) is 98.3 Å². The molecule has 1 heterocycles. The Hall–Kier alpha value is -5.49. The molecule has 0 unspecified atom stereocenters. The van der Waals surface area contributed by atoms with Crippen molar-refractivity contribution in [3.8, 4) is 23.0 Å². The van der Waals surface area contributed by atoms with Gasteiger partial charge in [-0.2, -0.15) is 0 Å². The number of nitrogens with zero attached hydrogens (tertiary/aromatic N) is 2. The molecule has 66 heavy (non-hydrogen) atoms. The molecule has 0 radical (unpaired) electrons. The smallest absolute Gasteiger partial charge is 0.239 e. The van der Waals surface area contributed by atoms with Crippen molar-refractivity contribution >= 4 is 28.7 Å². The number of hydrogen-bond donors (Lipinski definition) is 2. The molecule has 4 aliphatic rings. The highest BCUT2D eigenvalue weighted by atomic mass is 16.7. The van der Waals surface area contributed by atoms with Crippen LogP contribution in [0.5, 0.6) is 23.0 Å². The Morgan fingerprint density at radius 2 is 1.68 bits per heavy atom. The van der Waals surface area contributed by atoms with Crippen LogP contribution in [0.3, 0.4) is 0 Å². The van der Waals surface area contributed by atoms with Crippen molar-refractivity contribution in [1.82, 2.24) is 4.90 Å². The van der Waals surface area contributed by atoms with E-state index in [1.165, 1.54) is 20.0 Å². The van der Waals surface area contributed by atoms with Gasteiger partial charge in [0, 0.05) is 44.1 Å². The fraction of sp³-hybridized carbons (Fsp3) is 0.473. The Kier molecular flexibility index (Phi) is 15.6. The SMILES string of the molecule is C=CCO[C@@]12Oc3ccc(Oc4ccc(OC)c(C=O)c4)cc3[C@H]3[C@H](CCCCO)[C@@H](CCCCO)C=C(C(=NOC)C[C@@H]1N(Cc1cccc4ccccc14)C(=O)CCC1CCCC1)[C@H]32. The fourth-order valence-corrected chi connectivity index (χ4v) is 11.6. The molecule has 11 heteroatoms. The monoisotopic (exact) mass is 898 g/mol. The summed E-state index contributed by atoms with van der Waals surface area (Å²) in [5.41, 5.74) is 4.08. The van der Waals surface area contributed by atoms with E-state index in [1.54, 1.807) is 31.4 Å². The second-order valence-corrected chi connectivity index (χ2v) is 18.4. The highest BCUT2D eigenvalue weighted by Gasteiger charge is 2.65. The van der Waals surface area contributed by atoms with E-state index in [0.717, 1.165) is 84.4 Å². The maximum Gasteiger partial charge on any atom is 0.239 e. The molecule has 11 nitrogen and oxygen atoms in total. The summed E-state index contributed by atoms with van der Waals surface area (Å²) in [6.07, 6.45) is 15.7. The van der Waals surface area contributed by atoms with Crippen LogP contribution in [0.1, 0.15) is 111 Å². The number of aliphatic hydroxyl groups excluding tert-OH is 2. The summed E-state index contributed by atoms with van der Waals surface area (Å²) in [6.45, 7) is 4.81. The van der Waals surface area contributed by atoms with Gasteiger partial charge >= 0.3 is 0 Å². The number of benzene rings is 4. The van der Waals surface area contributed by atoms with Crippen molar-refractivity contribution in [2.24, 2.45) is 28.8 Å². The standard InChI is InChI=1S/C55H66N2O9/c1-4-30-64-55-51(57(52(61)27-22-37-14-5-6-15-37)35-40-19-13-18-38-16-7-8-20-44(38)40)34-48(56-63-3)46-32-39(17-9-11-28-58)45(21-10-12-29-59)53(54(46)55)47-33-43(24-26-50(47)66-55)65-42-23-25-49(62-2)41(31-42)36-60/h4,7-8,13,16,18-20,23-26,31-33,36-37,39,45,51,53-54,58-59H,1,5-6,9-12,14-15,17,21-22,27-30,34-35H2,2-3H3/t39-,45+,51-,53+,54+,55+/m0/s1. The van der Waals surface area contributed by atoms with Crippen molar-refractivity contribution in [1.29, 1.82) is 0 Å². The normalized spacial score (nSPS) is 23.9. The van der Waals surface area contributed by atoms with Crippen molar-refractivity contribution in [2.45, 2.75) is 108 Å². The lowest BCUT2D eigenvalue weighted by molar-refractivity contribution is -0.258. The van der Waals surface area contributed by atoms with E-state index < -0.39 is 17.7 Å². The molecule has 3 aliphatic carbocycles. The van der Waals surface area contributed by atoms with E-state index in [0.29, 0.717) is 66.7 Å². The van der Waals surface area contributed by atoms with Crippen molar-refractivity contribution in [3.63, 3.8) is 0 Å². The second-order valence-electron chi connectivity index (χ2n) is 18.4. The summed E-state index contributed by atoms with van der Waals surface area (Å²) in [4.78, 5) is 35.1. The molecule has 2 saturated carbocycles. The highest BCUT2D eigenvalue weighted by Crippen LogP contribution is 2.62. The Morgan fingerprint density at radius 3 is 2.44 bits per heavy atom. The van der Waals surface area contributed by atoms with Gasteiger partial charge in [0.2, 0.25) is 11.7 Å². The van der Waals surface area contributed by atoms with Gasteiger partial charge in [0.25, 0.3) is 0 Å². The number of aldehydes is 1. The average molecular weight is 899 g/mol. The summed E-state index contributed by atoms with van der Waals surface area (Å²) >= 11 is 0. The molecule has 0 saturated heterocycles. The first-order valence-electron chi connectivity index (χ1n) is 24.0. The lowest BCUT2D eigenvalue weighted by Gasteiger charge is -2.60. The predicted octanol–water partition coefficient (Wildman–Crippen LogP) is 10.7. The van der Waals surface area contributed by atoms with E-state index >= 15 is 4.79 Å². The van der Waals surface area contributed by atoms with Crippen LogP contribution in [-0.2, 0) is 20.9 Å². The van der Waals surface area contributed by atoms with Gasteiger partial charge in [-0.3, -0.25) is 9.59 Å². The van der Waals surface area contributed by atoms with Gasteiger partial charge in [-0.25, -0.2) is 0 Å². The third-order valence-electron chi connectivity index (χ3n) is 14.6. The molecule has 4 aromatic rings. The van der Waals surface area contributed by atoms with Crippen molar-refractivity contribution < 1.29 is 43.6 Å². The zero-order chi connectivity index (χ0) is 46.0. The van der Waals surface area contributed by atoms with Crippen molar-refractivity contribution in [3.05, 3.63) is 120 Å². The zero-order valence-electron chi connectivity index (χ0n) is 38.6. The first kappa shape index (κ1) is 47.0. The van der Waals surface area contributed by atoms with E-state index in [1.807, 2.05) is 35.2 Å². The fourth-order valence-electron chi connectivity index (χ4n) is 11.6. The maximum atomic E-state index is 15.3. The van der Waals surface area contributed by atoms with Crippen LogP contribution in [0.4, 0.5) is 0 Å². The summed E-state index contributed by atoms with van der Waals surface area (Å²) in [5.74, 6) is 0.770. The van der Waals surface area contributed by atoms with Gasteiger partial charge in [0.15, 0.2) is 6.29 Å². The molecule has 1 amide bonds. The number of fused-ring (bicyclic) bond motifs is 3. The zero-order valence-corrected chi connectivity index (χ0v) is 38.6. The number of ether oxygens (including phenoxy) is 4. The molecule has 8 rings (SSSR count). The van der Waals surface area contributed by atoms with Crippen molar-refractivity contribution in [2.75, 3.05) is 34.0 Å². The number of oxime groups is 1. The molecule has 2 fully saturated rings. The minimum absolute atomic E-state index is 0.0448. The highest BCUT2D eigenvalue weighted by molar-refractivity contribution is 6.03. The molecular formula is C55H66N2O9.